The summed E-state index contributed by atoms with van der Waals surface area (Å²) < 4.78 is 23.8. The van der Waals surface area contributed by atoms with E-state index in [-0.39, 0.29) is 12.4 Å². The number of nitrogens with zero attached hydrogens (tertiary/aromatic N) is 2. The molecule has 0 fully saturated rings. The summed E-state index contributed by atoms with van der Waals surface area (Å²) in [6, 6.07) is 4.57. The van der Waals surface area contributed by atoms with Crippen LogP contribution in [0.4, 0.5) is 4.39 Å². The van der Waals surface area contributed by atoms with Gasteiger partial charge < -0.3 is 14.6 Å². The monoisotopic (exact) mass is 265 g/mol. The Morgan fingerprint density at radius 1 is 1.37 bits per heavy atom. The summed E-state index contributed by atoms with van der Waals surface area (Å²) in [6.45, 7) is 2.65. The molecule has 19 heavy (non-hydrogen) atoms. The summed E-state index contributed by atoms with van der Waals surface area (Å²) in [6.07, 6.45) is 0.704. The summed E-state index contributed by atoms with van der Waals surface area (Å²) >= 11 is 0. The maximum Gasteiger partial charge on any atom is 0.264 e. The van der Waals surface area contributed by atoms with Crippen LogP contribution in [0.1, 0.15) is 24.2 Å². The van der Waals surface area contributed by atoms with Crippen LogP contribution >= 0.6 is 0 Å². The molecule has 0 radical (unpaired) electrons. The molecule has 0 saturated heterocycles. The van der Waals surface area contributed by atoms with E-state index in [0.29, 0.717) is 30.4 Å². The Bertz CT molecular complexity index is 542. The highest BCUT2D eigenvalue weighted by Crippen LogP contribution is 2.17. The molecule has 0 aliphatic carbocycles. The predicted octanol–water partition coefficient (Wildman–Crippen LogP) is 2.07. The van der Waals surface area contributed by atoms with Gasteiger partial charge in [0.1, 0.15) is 11.6 Å². The minimum Gasteiger partial charge on any atom is -0.484 e. The summed E-state index contributed by atoms with van der Waals surface area (Å²) in [4.78, 5) is 4.12. The third-order valence-corrected chi connectivity index (χ3v) is 2.50. The standard InChI is InChI=1S/C13H16FN3O2/c1-3-12-16-13(19-17-12)8-18-11-5-9(7-15-2)4-10(14)6-11/h4-6,15H,3,7-8H2,1-2H3. The van der Waals surface area contributed by atoms with Crippen molar-refractivity contribution in [3.8, 4) is 5.75 Å². The van der Waals surface area contributed by atoms with Gasteiger partial charge in [0.2, 0.25) is 0 Å². The third-order valence-electron chi connectivity index (χ3n) is 2.50. The first-order chi connectivity index (χ1) is 9.21. The average molecular weight is 265 g/mol. The molecular weight excluding hydrogens is 249 g/mol. The van der Waals surface area contributed by atoms with Gasteiger partial charge in [0.15, 0.2) is 12.4 Å². The molecule has 0 saturated carbocycles. The second-order valence-corrected chi connectivity index (χ2v) is 4.07. The second-order valence-electron chi connectivity index (χ2n) is 4.07. The summed E-state index contributed by atoms with van der Waals surface area (Å²) in [7, 11) is 1.80. The van der Waals surface area contributed by atoms with E-state index in [1.165, 1.54) is 12.1 Å². The van der Waals surface area contributed by atoms with Gasteiger partial charge in [0, 0.05) is 19.0 Å². The zero-order valence-corrected chi connectivity index (χ0v) is 10.9. The normalized spacial score (nSPS) is 10.7. The smallest absolute Gasteiger partial charge is 0.264 e. The molecule has 6 heteroatoms. The van der Waals surface area contributed by atoms with E-state index in [1.807, 2.05) is 6.92 Å². The Morgan fingerprint density at radius 2 is 2.21 bits per heavy atom. The molecule has 5 nitrogen and oxygen atoms in total. The molecule has 1 aromatic heterocycles. The van der Waals surface area contributed by atoms with Gasteiger partial charge in [-0.25, -0.2) is 4.39 Å². The van der Waals surface area contributed by atoms with Crippen LogP contribution in [0, 0.1) is 5.82 Å². The predicted molar refractivity (Wildman–Crippen MR) is 67.2 cm³/mol. The minimum atomic E-state index is -0.331. The largest absolute Gasteiger partial charge is 0.484 e. The number of hydrogen-bond acceptors (Lipinski definition) is 5. The van der Waals surface area contributed by atoms with Gasteiger partial charge >= 0.3 is 0 Å². The van der Waals surface area contributed by atoms with Crippen LogP contribution in [0.5, 0.6) is 5.75 Å². The van der Waals surface area contributed by atoms with Crippen molar-refractivity contribution in [1.82, 2.24) is 15.5 Å². The van der Waals surface area contributed by atoms with E-state index in [4.69, 9.17) is 9.26 Å². The van der Waals surface area contributed by atoms with Crippen LogP contribution in [-0.2, 0) is 19.6 Å². The van der Waals surface area contributed by atoms with Crippen molar-refractivity contribution in [2.75, 3.05) is 7.05 Å². The molecule has 1 heterocycles. The number of ether oxygens (including phenoxy) is 1. The van der Waals surface area contributed by atoms with Crippen LogP contribution in [0.15, 0.2) is 22.7 Å². The van der Waals surface area contributed by atoms with Crippen molar-refractivity contribution >= 4 is 0 Å². The molecule has 0 aliphatic rings. The van der Waals surface area contributed by atoms with Crippen LogP contribution in [-0.4, -0.2) is 17.2 Å². The Balaban J connectivity index is 2.02. The maximum absolute atomic E-state index is 13.4. The van der Waals surface area contributed by atoms with E-state index in [2.05, 4.69) is 15.5 Å². The topological polar surface area (TPSA) is 60.2 Å². The zero-order chi connectivity index (χ0) is 13.7. The second kappa shape index (κ2) is 6.29. The summed E-state index contributed by atoms with van der Waals surface area (Å²) in [5.74, 6) is 1.13. The molecule has 0 spiro atoms. The Kier molecular flexibility index (Phi) is 4.46. The van der Waals surface area contributed by atoms with Crippen molar-refractivity contribution in [2.24, 2.45) is 0 Å². The Labute approximate surface area is 110 Å². The van der Waals surface area contributed by atoms with Gasteiger partial charge in [0.25, 0.3) is 5.89 Å². The summed E-state index contributed by atoms with van der Waals surface area (Å²) in [5.41, 5.74) is 0.817. The number of benzene rings is 1. The SMILES string of the molecule is CCc1noc(COc2cc(F)cc(CNC)c2)n1. The van der Waals surface area contributed by atoms with E-state index in [0.717, 1.165) is 5.56 Å². The number of nitrogens with one attached hydrogen (secondary N) is 1. The number of aryl methyl sites for hydroxylation is 1. The lowest BCUT2D eigenvalue weighted by Gasteiger charge is -2.06. The van der Waals surface area contributed by atoms with Crippen molar-refractivity contribution in [2.45, 2.75) is 26.5 Å². The van der Waals surface area contributed by atoms with Crippen molar-refractivity contribution in [3.63, 3.8) is 0 Å². The summed E-state index contributed by atoms with van der Waals surface area (Å²) in [5, 5.41) is 6.72. The minimum absolute atomic E-state index is 0.134. The van der Waals surface area contributed by atoms with E-state index < -0.39 is 0 Å². The number of hydrogen-bond donors (Lipinski definition) is 1. The zero-order valence-electron chi connectivity index (χ0n) is 10.9. The molecule has 1 aromatic carbocycles. The molecule has 0 unspecified atom stereocenters. The first-order valence-electron chi connectivity index (χ1n) is 6.09. The molecule has 0 aliphatic heterocycles. The fourth-order valence-corrected chi connectivity index (χ4v) is 1.65. The first-order valence-corrected chi connectivity index (χ1v) is 6.09. The Morgan fingerprint density at radius 3 is 2.89 bits per heavy atom. The van der Waals surface area contributed by atoms with Gasteiger partial charge in [-0.3, -0.25) is 0 Å². The molecular formula is C13H16FN3O2. The van der Waals surface area contributed by atoms with Gasteiger partial charge in [-0.15, -0.1) is 0 Å². The maximum atomic E-state index is 13.4. The fourth-order valence-electron chi connectivity index (χ4n) is 1.65. The molecule has 1 N–H and O–H groups in total. The molecule has 2 rings (SSSR count). The highest BCUT2D eigenvalue weighted by atomic mass is 19.1. The lowest BCUT2D eigenvalue weighted by Crippen LogP contribution is -2.06. The van der Waals surface area contributed by atoms with Crippen LogP contribution in [0.25, 0.3) is 0 Å². The van der Waals surface area contributed by atoms with Crippen molar-refractivity contribution in [3.05, 3.63) is 41.3 Å². The average Bonchev–Trinajstić information content (AvgIpc) is 2.84. The van der Waals surface area contributed by atoms with Gasteiger partial charge in [0.05, 0.1) is 0 Å². The third kappa shape index (κ3) is 3.75. The number of aromatic nitrogens is 2. The first kappa shape index (κ1) is 13.5. The molecule has 0 amide bonds. The van der Waals surface area contributed by atoms with Crippen LogP contribution in [0.3, 0.4) is 0 Å². The molecule has 2 aromatic rings. The quantitative estimate of drug-likeness (QED) is 0.866. The lowest BCUT2D eigenvalue weighted by atomic mass is 10.2. The fraction of sp³-hybridized carbons (Fsp3) is 0.385. The Hall–Kier alpha value is -1.95. The molecule has 0 bridgehead atoms. The number of halogens is 1. The number of rotatable bonds is 6. The highest BCUT2D eigenvalue weighted by Gasteiger charge is 2.07. The molecule has 102 valence electrons. The lowest BCUT2D eigenvalue weighted by molar-refractivity contribution is 0.241. The van der Waals surface area contributed by atoms with Crippen molar-refractivity contribution in [1.29, 1.82) is 0 Å². The highest BCUT2D eigenvalue weighted by molar-refractivity contribution is 5.29. The van der Waals surface area contributed by atoms with Gasteiger partial charge in [-0.1, -0.05) is 12.1 Å². The van der Waals surface area contributed by atoms with E-state index in [9.17, 15) is 4.39 Å². The van der Waals surface area contributed by atoms with E-state index in [1.54, 1.807) is 13.1 Å². The van der Waals surface area contributed by atoms with Crippen LogP contribution in [0.2, 0.25) is 0 Å². The molecule has 0 atom stereocenters. The van der Waals surface area contributed by atoms with Gasteiger partial charge in [-0.05, 0) is 24.7 Å². The van der Waals surface area contributed by atoms with E-state index >= 15 is 0 Å². The van der Waals surface area contributed by atoms with Crippen molar-refractivity contribution < 1.29 is 13.7 Å². The van der Waals surface area contributed by atoms with Crippen LogP contribution < -0.4 is 10.1 Å². The van der Waals surface area contributed by atoms with Gasteiger partial charge in [-0.2, -0.15) is 4.98 Å².